The molecule has 0 radical (unpaired) electrons. The highest BCUT2D eigenvalue weighted by atomic mass is 35.5. The van der Waals surface area contributed by atoms with E-state index in [9.17, 15) is 4.79 Å². The largest absolute Gasteiger partial charge is 0.384 e. The summed E-state index contributed by atoms with van der Waals surface area (Å²) in [5.74, 6) is -0.308. The zero-order valence-corrected chi connectivity index (χ0v) is 11.1. The fraction of sp³-hybridized carbons (Fsp3) is 0.417. The molecule has 1 rings (SSSR count). The van der Waals surface area contributed by atoms with Crippen molar-refractivity contribution in [3.8, 4) is 6.07 Å². The van der Waals surface area contributed by atoms with Crippen molar-refractivity contribution in [3.05, 3.63) is 22.8 Å². The quantitative estimate of drug-likeness (QED) is 0.903. The Morgan fingerprint density at radius 1 is 1.67 bits per heavy atom. The Morgan fingerprint density at radius 2 is 2.33 bits per heavy atom. The second kappa shape index (κ2) is 6.22. The number of halogens is 1. The molecule has 0 aliphatic rings. The molecule has 1 atom stereocenters. The van der Waals surface area contributed by atoms with E-state index in [4.69, 9.17) is 22.6 Å². The molecule has 2 N–H and O–H groups in total. The van der Waals surface area contributed by atoms with Crippen LogP contribution in [0.2, 0.25) is 5.02 Å². The Hall–Kier alpha value is -1.80. The van der Waals surface area contributed by atoms with Crippen LogP contribution in [0.5, 0.6) is 0 Å². The number of nitriles is 1. The summed E-state index contributed by atoms with van der Waals surface area (Å²) in [6.45, 7) is 4.42. The standard InChI is InChI=1S/C12H15ClN4O/c1-3-17(7-8(2)6-14)12(18)11-9(13)4-5-10(15)16-11/h4-5,8H,3,7H2,1-2H3,(H2,15,16). The number of amides is 1. The van der Waals surface area contributed by atoms with Crippen molar-refractivity contribution in [2.75, 3.05) is 18.8 Å². The van der Waals surface area contributed by atoms with Gasteiger partial charge in [0.25, 0.3) is 5.91 Å². The van der Waals surface area contributed by atoms with Gasteiger partial charge in [0, 0.05) is 13.1 Å². The first-order chi connectivity index (χ1) is 8.49. The molecule has 0 aliphatic heterocycles. The molecule has 0 spiro atoms. The lowest BCUT2D eigenvalue weighted by molar-refractivity contribution is 0.0747. The minimum absolute atomic E-state index is 0.128. The summed E-state index contributed by atoms with van der Waals surface area (Å²) in [7, 11) is 0. The van der Waals surface area contributed by atoms with Gasteiger partial charge in [-0.25, -0.2) is 4.98 Å². The van der Waals surface area contributed by atoms with E-state index in [0.717, 1.165) is 0 Å². The van der Waals surface area contributed by atoms with Crippen LogP contribution in [-0.4, -0.2) is 28.9 Å². The van der Waals surface area contributed by atoms with Gasteiger partial charge in [0.2, 0.25) is 0 Å². The maximum Gasteiger partial charge on any atom is 0.274 e. The second-order valence-electron chi connectivity index (χ2n) is 3.94. The van der Waals surface area contributed by atoms with E-state index in [1.165, 1.54) is 11.0 Å². The van der Waals surface area contributed by atoms with Crippen LogP contribution in [0, 0.1) is 17.2 Å². The summed E-state index contributed by atoms with van der Waals surface area (Å²) in [6.07, 6.45) is 0. The second-order valence-corrected chi connectivity index (χ2v) is 4.35. The van der Waals surface area contributed by atoms with E-state index >= 15 is 0 Å². The van der Waals surface area contributed by atoms with Crippen molar-refractivity contribution in [1.82, 2.24) is 9.88 Å². The van der Waals surface area contributed by atoms with Gasteiger partial charge in [0.05, 0.1) is 17.0 Å². The first-order valence-electron chi connectivity index (χ1n) is 5.60. The Labute approximate surface area is 111 Å². The van der Waals surface area contributed by atoms with E-state index in [2.05, 4.69) is 11.1 Å². The molecule has 0 aromatic carbocycles. The molecule has 1 amide bonds. The Balaban J connectivity index is 2.97. The van der Waals surface area contributed by atoms with Crippen molar-refractivity contribution in [2.45, 2.75) is 13.8 Å². The number of pyridine rings is 1. The Bertz CT molecular complexity index is 483. The van der Waals surface area contributed by atoms with Gasteiger partial charge >= 0.3 is 0 Å². The van der Waals surface area contributed by atoms with Crippen LogP contribution in [0.3, 0.4) is 0 Å². The maximum atomic E-state index is 12.2. The molecular formula is C12H15ClN4O. The number of aromatic nitrogens is 1. The number of nitrogens with zero attached hydrogens (tertiary/aromatic N) is 3. The molecule has 0 bridgehead atoms. The molecule has 1 unspecified atom stereocenters. The van der Waals surface area contributed by atoms with Gasteiger partial charge in [-0.05, 0) is 26.0 Å². The summed E-state index contributed by atoms with van der Waals surface area (Å²) in [4.78, 5) is 17.7. The third-order valence-corrected chi connectivity index (χ3v) is 2.76. The SMILES string of the molecule is CCN(CC(C)C#N)C(=O)c1nc(N)ccc1Cl. The van der Waals surface area contributed by atoms with E-state index in [1.54, 1.807) is 13.0 Å². The van der Waals surface area contributed by atoms with Crippen LogP contribution < -0.4 is 5.73 Å². The van der Waals surface area contributed by atoms with E-state index in [-0.39, 0.29) is 28.4 Å². The predicted molar refractivity (Wildman–Crippen MR) is 70.0 cm³/mol. The third-order valence-electron chi connectivity index (χ3n) is 2.45. The number of hydrogen-bond acceptors (Lipinski definition) is 4. The minimum Gasteiger partial charge on any atom is -0.384 e. The number of anilines is 1. The van der Waals surface area contributed by atoms with Crippen molar-refractivity contribution in [1.29, 1.82) is 5.26 Å². The predicted octanol–water partition coefficient (Wildman–Crippen LogP) is 1.94. The summed E-state index contributed by atoms with van der Waals surface area (Å²) >= 11 is 5.93. The fourth-order valence-electron chi connectivity index (χ4n) is 1.48. The number of nitrogen functional groups attached to an aromatic ring is 1. The van der Waals surface area contributed by atoms with E-state index < -0.39 is 0 Å². The molecule has 1 aromatic heterocycles. The monoisotopic (exact) mass is 266 g/mol. The van der Waals surface area contributed by atoms with Crippen molar-refractivity contribution < 1.29 is 4.79 Å². The lowest BCUT2D eigenvalue weighted by atomic mass is 10.2. The van der Waals surface area contributed by atoms with E-state index in [0.29, 0.717) is 13.1 Å². The lowest BCUT2D eigenvalue weighted by Crippen LogP contribution is -2.35. The van der Waals surface area contributed by atoms with Gasteiger partial charge in [-0.2, -0.15) is 5.26 Å². The molecule has 0 saturated carbocycles. The van der Waals surface area contributed by atoms with Crippen LogP contribution in [0.25, 0.3) is 0 Å². The van der Waals surface area contributed by atoms with Gasteiger partial charge in [-0.3, -0.25) is 4.79 Å². The Kier molecular flexibility index (Phi) is 4.93. The first kappa shape index (κ1) is 14.3. The summed E-state index contributed by atoms with van der Waals surface area (Å²) in [5.41, 5.74) is 5.67. The molecule has 96 valence electrons. The van der Waals surface area contributed by atoms with Gasteiger partial charge in [0.1, 0.15) is 11.5 Å². The minimum atomic E-state index is -0.308. The highest BCUT2D eigenvalue weighted by molar-refractivity contribution is 6.33. The van der Waals surface area contributed by atoms with Crippen molar-refractivity contribution >= 4 is 23.3 Å². The van der Waals surface area contributed by atoms with Gasteiger partial charge in [-0.15, -0.1) is 0 Å². The lowest BCUT2D eigenvalue weighted by Gasteiger charge is -2.22. The number of rotatable bonds is 4. The smallest absolute Gasteiger partial charge is 0.274 e. The molecule has 0 aliphatic carbocycles. The zero-order chi connectivity index (χ0) is 13.7. The highest BCUT2D eigenvalue weighted by Gasteiger charge is 2.20. The number of nitrogens with two attached hydrogens (primary N) is 1. The van der Waals surface area contributed by atoms with Crippen LogP contribution in [-0.2, 0) is 0 Å². The number of hydrogen-bond donors (Lipinski definition) is 1. The molecule has 0 fully saturated rings. The van der Waals surface area contributed by atoms with Gasteiger partial charge in [-0.1, -0.05) is 11.6 Å². The highest BCUT2D eigenvalue weighted by Crippen LogP contribution is 2.17. The molecular weight excluding hydrogens is 252 g/mol. The van der Waals surface area contributed by atoms with Crippen LogP contribution in [0.4, 0.5) is 5.82 Å². The van der Waals surface area contributed by atoms with E-state index in [1.807, 2.05) is 6.92 Å². The average Bonchev–Trinajstić information content (AvgIpc) is 2.37. The molecule has 1 aromatic rings. The summed E-state index contributed by atoms with van der Waals surface area (Å²) in [6, 6.07) is 5.17. The third kappa shape index (κ3) is 3.34. The Morgan fingerprint density at radius 3 is 2.89 bits per heavy atom. The zero-order valence-electron chi connectivity index (χ0n) is 10.4. The first-order valence-corrected chi connectivity index (χ1v) is 5.98. The number of carbonyl (C=O) groups is 1. The van der Waals surface area contributed by atoms with Crippen molar-refractivity contribution in [2.24, 2.45) is 5.92 Å². The van der Waals surface area contributed by atoms with Crippen LogP contribution in [0.1, 0.15) is 24.3 Å². The van der Waals surface area contributed by atoms with Crippen LogP contribution in [0.15, 0.2) is 12.1 Å². The van der Waals surface area contributed by atoms with Gasteiger partial charge < -0.3 is 10.6 Å². The molecule has 5 nitrogen and oxygen atoms in total. The van der Waals surface area contributed by atoms with Gasteiger partial charge in [0.15, 0.2) is 0 Å². The molecule has 18 heavy (non-hydrogen) atoms. The topological polar surface area (TPSA) is 83.0 Å². The molecule has 1 heterocycles. The fourth-order valence-corrected chi connectivity index (χ4v) is 1.67. The number of carbonyl (C=O) groups excluding carboxylic acids is 1. The normalized spacial score (nSPS) is 11.7. The maximum absolute atomic E-state index is 12.2. The van der Waals surface area contributed by atoms with Crippen LogP contribution >= 0.6 is 11.6 Å². The summed E-state index contributed by atoms with van der Waals surface area (Å²) in [5, 5.41) is 9.04. The summed E-state index contributed by atoms with van der Waals surface area (Å²) < 4.78 is 0. The molecule has 6 heteroatoms. The van der Waals surface area contributed by atoms with Crippen molar-refractivity contribution in [3.63, 3.8) is 0 Å². The molecule has 0 saturated heterocycles. The average molecular weight is 267 g/mol.